The number of fused-ring (bicyclic) bond motifs is 2. The van der Waals surface area contributed by atoms with Crippen LogP contribution >= 0.6 is 11.3 Å². The van der Waals surface area contributed by atoms with Crippen LogP contribution in [0.4, 0.5) is 0 Å². The largest absolute Gasteiger partial charge is 0.335 e. The van der Waals surface area contributed by atoms with Crippen molar-refractivity contribution in [2.45, 2.75) is 13.3 Å². The van der Waals surface area contributed by atoms with E-state index in [9.17, 15) is 0 Å². The summed E-state index contributed by atoms with van der Waals surface area (Å²) in [5.74, 6) is 0.697. The van der Waals surface area contributed by atoms with Crippen molar-refractivity contribution >= 4 is 39.0 Å². The van der Waals surface area contributed by atoms with Gasteiger partial charge in [-0.15, -0.1) is 11.3 Å². The number of nitrogens with one attached hydrogen (secondary N) is 3. The fourth-order valence-corrected chi connectivity index (χ4v) is 4.78. The van der Waals surface area contributed by atoms with Crippen molar-refractivity contribution in [3.05, 3.63) is 53.3 Å². The first-order valence-electron chi connectivity index (χ1n) is 9.92. The van der Waals surface area contributed by atoms with E-state index in [0.29, 0.717) is 5.82 Å². The molecule has 0 amide bonds. The van der Waals surface area contributed by atoms with E-state index >= 15 is 0 Å². The molecule has 0 unspecified atom stereocenters. The molecule has 7 nitrogen and oxygen atoms in total. The Hall–Kier alpha value is -3.36. The molecule has 148 valence electrons. The Bertz CT molecular complexity index is 1420. The number of nitrogens with zero attached hydrogens (tertiary/aromatic N) is 4. The van der Waals surface area contributed by atoms with Gasteiger partial charge in [0.05, 0.1) is 22.9 Å². The van der Waals surface area contributed by atoms with E-state index < -0.39 is 0 Å². The second-order valence-corrected chi connectivity index (χ2v) is 8.72. The number of aromatic nitrogens is 6. The molecule has 0 spiro atoms. The molecular formula is C22H19N7S. The van der Waals surface area contributed by atoms with E-state index in [0.717, 1.165) is 63.4 Å². The lowest BCUT2D eigenvalue weighted by atomic mass is 10.1. The number of aryl methyl sites for hydroxylation is 1. The Kier molecular flexibility index (Phi) is 4.00. The summed E-state index contributed by atoms with van der Waals surface area (Å²) >= 11 is 1.74. The summed E-state index contributed by atoms with van der Waals surface area (Å²) in [4.78, 5) is 20.0. The second kappa shape index (κ2) is 6.86. The highest BCUT2D eigenvalue weighted by molar-refractivity contribution is 7.15. The van der Waals surface area contributed by atoms with Gasteiger partial charge >= 0.3 is 0 Å². The van der Waals surface area contributed by atoms with Crippen LogP contribution in [-0.4, -0.2) is 43.2 Å². The minimum Gasteiger partial charge on any atom is -0.335 e. The molecule has 1 aliphatic rings. The molecule has 0 saturated carbocycles. The van der Waals surface area contributed by atoms with Crippen molar-refractivity contribution in [3.63, 3.8) is 0 Å². The van der Waals surface area contributed by atoms with E-state index in [-0.39, 0.29) is 0 Å². The van der Waals surface area contributed by atoms with Gasteiger partial charge in [-0.1, -0.05) is 6.08 Å². The van der Waals surface area contributed by atoms with Crippen LogP contribution in [0, 0.1) is 6.92 Å². The van der Waals surface area contributed by atoms with Crippen LogP contribution in [-0.2, 0) is 0 Å². The van der Waals surface area contributed by atoms with Crippen molar-refractivity contribution in [1.29, 1.82) is 0 Å². The molecule has 5 aromatic heterocycles. The van der Waals surface area contributed by atoms with Gasteiger partial charge in [0.2, 0.25) is 0 Å². The molecule has 5 aromatic rings. The summed E-state index contributed by atoms with van der Waals surface area (Å²) in [6, 6.07) is 8.34. The molecule has 0 fully saturated rings. The fourth-order valence-electron chi connectivity index (χ4n) is 3.90. The lowest BCUT2D eigenvalue weighted by Crippen LogP contribution is -2.20. The number of H-pyrrole nitrogens is 2. The second-order valence-electron chi connectivity index (χ2n) is 7.43. The Morgan fingerprint density at radius 3 is 2.80 bits per heavy atom. The third-order valence-electron chi connectivity index (χ3n) is 5.42. The molecule has 30 heavy (non-hydrogen) atoms. The van der Waals surface area contributed by atoms with Crippen LogP contribution < -0.4 is 5.32 Å². The predicted molar refractivity (Wildman–Crippen MR) is 120 cm³/mol. The highest BCUT2D eigenvalue weighted by Gasteiger charge is 2.18. The number of hydrogen-bond donors (Lipinski definition) is 3. The van der Waals surface area contributed by atoms with Crippen LogP contribution in [0.1, 0.15) is 17.0 Å². The first kappa shape index (κ1) is 17.5. The Labute approximate surface area is 176 Å². The maximum Gasteiger partial charge on any atom is 0.161 e. The third-order valence-corrected chi connectivity index (χ3v) is 6.46. The van der Waals surface area contributed by atoms with Crippen LogP contribution in [0.15, 0.2) is 42.7 Å². The summed E-state index contributed by atoms with van der Waals surface area (Å²) in [5.41, 5.74) is 7.54. The van der Waals surface area contributed by atoms with Gasteiger partial charge in [-0.25, -0.2) is 9.97 Å². The molecule has 6 rings (SSSR count). The van der Waals surface area contributed by atoms with Gasteiger partial charge in [0.25, 0.3) is 0 Å². The van der Waals surface area contributed by atoms with Gasteiger partial charge in [0, 0.05) is 28.1 Å². The van der Waals surface area contributed by atoms with Crippen LogP contribution in [0.2, 0.25) is 0 Å². The standard InChI is InChI=1S/C22H19N7S/c1-12-2-5-18(30-12)14-10-24-11-17-19(14)27-22(26-17)21-20-16(28-29-21)4-3-15(25-20)13-6-8-23-9-7-13/h2-6,10-11,23H,7-9H2,1H3,(H,26,27)(H,28,29). The quantitative estimate of drug-likeness (QED) is 0.410. The van der Waals surface area contributed by atoms with Gasteiger partial charge in [-0.2, -0.15) is 5.10 Å². The molecule has 0 aliphatic carbocycles. The average molecular weight is 414 g/mol. The molecule has 0 aromatic carbocycles. The molecule has 0 saturated heterocycles. The number of pyridine rings is 2. The first-order valence-corrected chi connectivity index (χ1v) is 10.7. The van der Waals surface area contributed by atoms with Gasteiger partial charge in [-0.05, 0) is 49.7 Å². The number of hydrogen-bond acceptors (Lipinski definition) is 6. The molecule has 1 aliphatic heterocycles. The van der Waals surface area contributed by atoms with E-state index in [1.165, 1.54) is 10.5 Å². The molecule has 8 heteroatoms. The van der Waals surface area contributed by atoms with Crippen molar-refractivity contribution < 1.29 is 0 Å². The monoisotopic (exact) mass is 413 g/mol. The fraction of sp³-hybridized carbons (Fsp3) is 0.182. The van der Waals surface area contributed by atoms with Gasteiger partial charge in [0.15, 0.2) is 11.5 Å². The number of aromatic amines is 2. The van der Waals surface area contributed by atoms with Crippen molar-refractivity contribution in [1.82, 2.24) is 35.5 Å². The first-order chi connectivity index (χ1) is 14.8. The molecule has 0 atom stereocenters. The summed E-state index contributed by atoms with van der Waals surface area (Å²) < 4.78 is 0. The van der Waals surface area contributed by atoms with E-state index in [1.807, 2.05) is 18.5 Å². The molecular weight excluding hydrogens is 394 g/mol. The zero-order valence-electron chi connectivity index (χ0n) is 16.4. The average Bonchev–Trinajstić information content (AvgIpc) is 3.51. The van der Waals surface area contributed by atoms with Crippen LogP contribution in [0.5, 0.6) is 0 Å². The van der Waals surface area contributed by atoms with Crippen molar-refractivity contribution in [2.24, 2.45) is 0 Å². The van der Waals surface area contributed by atoms with E-state index in [4.69, 9.17) is 9.97 Å². The van der Waals surface area contributed by atoms with Gasteiger partial charge < -0.3 is 10.3 Å². The maximum atomic E-state index is 4.93. The molecule has 6 heterocycles. The van der Waals surface area contributed by atoms with Crippen molar-refractivity contribution in [2.75, 3.05) is 13.1 Å². The lowest BCUT2D eigenvalue weighted by molar-refractivity contribution is 0.737. The Morgan fingerprint density at radius 1 is 1.00 bits per heavy atom. The smallest absolute Gasteiger partial charge is 0.161 e. The number of thiophene rings is 1. The zero-order valence-corrected chi connectivity index (χ0v) is 17.2. The minimum absolute atomic E-state index is 0.697. The van der Waals surface area contributed by atoms with Crippen molar-refractivity contribution in [3.8, 4) is 22.0 Å². The summed E-state index contributed by atoms with van der Waals surface area (Å²) in [6.07, 6.45) is 6.87. The maximum absolute atomic E-state index is 4.93. The minimum atomic E-state index is 0.697. The Balaban J connectivity index is 1.49. The number of imidazole rings is 1. The highest BCUT2D eigenvalue weighted by atomic mass is 32.1. The Morgan fingerprint density at radius 2 is 1.97 bits per heavy atom. The molecule has 3 N–H and O–H groups in total. The van der Waals surface area contributed by atoms with Gasteiger partial charge in [0.1, 0.15) is 11.0 Å². The predicted octanol–water partition coefficient (Wildman–Crippen LogP) is 4.31. The van der Waals surface area contributed by atoms with Gasteiger partial charge in [-0.3, -0.25) is 10.1 Å². The topological polar surface area (TPSA) is 95.2 Å². The summed E-state index contributed by atoms with van der Waals surface area (Å²) in [5, 5.41) is 11.0. The zero-order chi connectivity index (χ0) is 20.1. The van der Waals surface area contributed by atoms with E-state index in [2.05, 4.69) is 56.7 Å². The molecule has 0 radical (unpaired) electrons. The normalized spacial score (nSPS) is 14.5. The summed E-state index contributed by atoms with van der Waals surface area (Å²) in [7, 11) is 0. The lowest BCUT2D eigenvalue weighted by Gasteiger charge is -2.13. The number of rotatable bonds is 3. The third kappa shape index (κ3) is 2.84. The van der Waals surface area contributed by atoms with E-state index in [1.54, 1.807) is 11.3 Å². The SMILES string of the molecule is Cc1ccc(-c2cncc3[nH]c(-c4n[nH]c5ccc(C6=CCNCC6)nc45)nc23)s1. The van der Waals surface area contributed by atoms with Crippen LogP contribution in [0.25, 0.3) is 49.6 Å². The highest BCUT2D eigenvalue weighted by Crippen LogP contribution is 2.34. The van der Waals surface area contributed by atoms with Crippen LogP contribution in [0.3, 0.4) is 0 Å². The molecule has 0 bridgehead atoms. The summed E-state index contributed by atoms with van der Waals surface area (Å²) in [6.45, 7) is 3.97.